The minimum absolute atomic E-state index is 0.168. The van der Waals surface area contributed by atoms with Gasteiger partial charge in [-0.3, -0.25) is 4.79 Å². The molecule has 0 aromatic rings. The Kier molecular flexibility index (Phi) is 3.24. The van der Waals surface area contributed by atoms with Crippen molar-refractivity contribution in [3.63, 3.8) is 0 Å². The lowest BCUT2D eigenvalue weighted by Gasteiger charge is -2.11. The summed E-state index contributed by atoms with van der Waals surface area (Å²) in [5.74, 6) is -3.44. The van der Waals surface area contributed by atoms with E-state index in [0.29, 0.717) is 6.54 Å². The lowest BCUT2D eigenvalue weighted by atomic mass is 10.1. The third kappa shape index (κ3) is 3.09. The second kappa shape index (κ2) is 4.07. The average Bonchev–Trinajstić information content (AvgIpc) is 2.41. The third-order valence-corrected chi connectivity index (χ3v) is 2.34. The molecule has 0 aliphatic heterocycles. The normalized spacial score (nSPS) is 24.6. The van der Waals surface area contributed by atoms with Crippen LogP contribution in [0.2, 0.25) is 0 Å². The molecule has 1 aliphatic rings. The van der Waals surface area contributed by atoms with E-state index in [1.807, 2.05) is 0 Å². The van der Waals surface area contributed by atoms with Crippen LogP contribution in [0.1, 0.15) is 26.2 Å². The zero-order valence-corrected chi connectivity index (χ0v) is 8.28. The highest BCUT2D eigenvalue weighted by molar-refractivity contribution is 5.79. The molecule has 4 heteroatoms. The number of alkyl halides is 2. The van der Waals surface area contributed by atoms with Gasteiger partial charge in [0.1, 0.15) is 0 Å². The van der Waals surface area contributed by atoms with Gasteiger partial charge in [0.15, 0.2) is 0 Å². The van der Waals surface area contributed by atoms with Crippen LogP contribution in [-0.4, -0.2) is 18.4 Å². The highest BCUT2D eigenvalue weighted by Gasteiger charge is 2.42. The van der Waals surface area contributed by atoms with Crippen molar-refractivity contribution in [2.24, 2.45) is 5.92 Å². The van der Waals surface area contributed by atoms with Gasteiger partial charge in [0, 0.05) is 25.3 Å². The van der Waals surface area contributed by atoms with Crippen molar-refractivity contribution in [1.82, 2.24) is 5.32 Å². The van der Waals surface area contributed by atoms with Gasteiger partial charge in [-0.15, -0.1) is 0 Å². The maximum absolute atomic E-state index is 12.8. The Morgan fingerprint density at radius 1 is 1.64 bits per heavy atom. The average molecular weight is 203 g/mol. The maximum Gasteiger partial charge on any atom is 0.248 e. The van der Waals surface area contributed by atoms with E-state index in [0.717, 1.165) is 5.57 Å². The van der Waals surface area contributed by atoms with Crippen molar-refractivity contribution < 1.29 is 13.6 Å². The van der Waals surface area contributed by atoms with Crippen molar-refractivity contribution >= 4 is 5.91 Å². The fourth-order valence-electron chi connectivity index (χ4n) is 1.56. The predicted octanol–water partition coefficient (Wildman–Crippen LogP) is 2.11. The monoisotopic (exact) mass is 203 g/mol. The third-order valence-electron chi connectivity index (χ3n) is 2.34. The molecule has 14 heavy (non-hydrogen) atoms. The molecule has 0 bridgehead atoms. The lowest BCUT2D eigenvalue weighted by Crippen LogP contribution is -2.31. The number of carbonyl (C=O) groups excluding carboxylic acids is 1. The number of hydrogen-bond acceptors (Lipinski definition) is 1. The Morgan fingerprint density at radius 2 is 2.29 bits per heavy atom. The first-order valence-corrected chi connectivity index (χ1v) is 4.71. The van der Waals surface area contributed by atoms with E-state index in [4.69, 9.17) is 0 Å². The number of halogens is 2. The molecule has 0 heterocycles. The van der Waals surface area contributed by atoms with Crippen molar-refractivity contribution in [2.45, 2.75) is 32.1 Å². The first kappa shape index (κ1) is 11.1. The molecule has 1 saturated carbocycles. The Hall–Kier alpha value is -0.930. The van der Waals surface area contributed by atoms with Gasteiger partial charge in [-0.25, -0.2) is 8.78 Å². The fraction of sp³-hybridized carbons (Fsp3) is 0.700. The second-order valence-electron chi connectivity index (χ2n) is 3.97. The van der Waals surface area contributed by atoms with E-state index in [2.05, 4.69) is 11.9 Å². The first-order valence-electron chi connectivity index (χ1n) is 4.71. The van der Waals surface area contributed by atoms with Gasteiger partial charge in [-0.2, -0.15) is 0 Å². The molecule has 1 atom stereocenters. The Labute approximate surface area is 82.4 Å². The summed E-state index contributed by atoms with van der Waals surface area (Å²) in [6.45, 7) is 5.78. The largest absolute Gasteiger partial charge is 0.352 e. The maximum atomic E-state index is 12.8. The van der Waals surface area contributed by atoms with E-state index < -0.39 is 11.8 Å². The zero-order valence-electron chi connectivity index (χ0n) is 8.28. The molecule has 1 amide bonds. The van der Waals surface area contributed by atoms with Crippen LogP contribution < -0.4 is 5.32 Å². The molecule has 0 aromatic carbocycles. The molecule has 2 nitrogen and oxygen atoms in total. The number of amides is 1. The lowest BCUT2D eigenvalue weighted by molar-refractivity contribution is -0.125. The zero-order chi connectivity index (χ0) is 10.8. The molecule has 1 fully saturated rings. The van der Waals surface area contributed by atoms with Gasteiger partial charge in [-0.05, 0) is 13.3 Å². The molecule has 0 radical (unpaired) electrons. The van der Waals surface area contributed by atoms with E-state index in [9.17, 15) is 13.6 Å². The topological polar surface area (TPSA) is 29.1 Å². The van der Waals surface area contributed by atoms with Crippen LogP contribution in [-0.2, 0) is 4.79 Å². The molecule has 1 unspecified atom stereocenters. The van der Waals surface area contributed by atoms with Crippen LogP contribution in [0.3, 0.4) is 0 Å². The minimum atomic E-state index is -2.65. The standard InChI is InChI=1S/C10H15F2NO/c1-7(2)6-13-9(14)8-3-4-10(11,12)5-8/h8H,1,3-6H2,2H3,(H,13,14). The fourth-order valence-corrected chi connectivity index (χ4v) is 1.56. The summed E-state index contributed by atoms with van der Waals surface area (Å²) in [4.78, 5) is 11.4. The van der Waals surface area contributed by atoms with Gasteiger partial charge < -0.3 is 5.32 Å². The van der Waals surface area contributed by atoms with E-state index in [1.165, 1.54) is 0 Å². The van der Waals surface area contributed by atoms with Gasteiger partial charge >= 0.3 is 0 Å². The first-order chi connectivity index (χ1) is 6.41. The summed E-state index contributed by atoms with van der Waals surface area (Å²) in [7, 11) is 0. The summed E-state index contributed by atoms with van der Waals surface area (Å²) in [5, 5.41) is 2.59. The summed E-state index contributed by atoms with van der Waals surface area (Å²) < 4.78 is 25.5. The predicted molar refractivity (Wildman–Crippen MR) is 50.1 cm³/mol. The van der Waals surface area contributed by atoms with Crippen LogP contribution in [0, 0.1) is 5.92 Å². The molecule has 80 valence electrons. The molecular weight excluding hydrogens is 188 g/mol. The highest BCUT2D eigenvalue weighted by Crippen LogP contribution is 2.38. The summed E-state index contributed by atoms with van der Waals surface area (Å²) in [6.07, 6.45) is -0.192. The molecule has 0 saturated heterocycles. The van der Waals surface area contributed by atoms with E-state index in [1.54, 1.807) is 6.92 Å². The quantitative estimate of drug-likeness (QED) is 0.699. The van der Waals surface area contributed by atoms with Gasteiger partial charge in [0.05, 0.1) is 0 Å². The molecule has 1 N–H and O–H groups in total. The summed E-state index contributed by atoms with van der Waals surface area (Å²) >= 11 is 0. The number of carbonyl (C=O) groups is 1. The van der Waals surface area contributed by atoms with Crippen molar-refractivity contribution in [2.75, 3.05) is 6.54 Å². The molecule has 1 rings (SSSR count). The minimum Gasteiger partial charge on any atom is -0.352 e. The Balaban J connectivity index is 2.36. The highest BCUT2D eigenvalue weighted by atomic mass is 19.3. The van der Waals surface area contributed by atoms with E-state index >= 15 is 0 Å². The SMILES string of the molecule is C=C(C)CNC(=O)C1CCC(F)(F)C1. The molecule has 1 aliphatic carbocycles. The van der Waals surface area contributed by atoms with Crippen LogP contribution in [0.15, 0.2) is 12.2 Å². The smallest absolute Gasteiger partial charge is 0.248 e. The Morgan fingerprint density at radius 3 is 2.71 bits per heavy atom. The van der Waals surface area contributed by atoms with Crippen LogP contribution in [0.4, 0.5) is 8.78 Å². The second-order valence-corrected chi connectivity index (χ2v) is 3.97. The molecular formula is C10H15F2NO. The number of hydrogen-bond donors (Lipinski definition) is 1. The Bertz CT molecular complexity index is 251. The van der Waals surface area contributed by atoms with Crippen molar-refractivity contribution in [3.8, 4) is 0 Å². The van der Waals surface area contributed by atoms with Crippen LogP contribution >= 0.6 is 0 Å². The van der Waals surface area contributed by atoms with Gasteiger partial charge in [-0.1, -0.05) is 12.2 Å². The number of nitrogens with one attached hydrogen (secondary N) is 1. The molecule has 0 aromatic heterocycles. The van der Waals surface area contributed by atoms with Gasteiger partial charge in [0.25, 0.3) is 0 Å². The van der Waals surface area contributed by atoms with Crippen LogP contribution in [0.25, 0.3) is 0 Å². The van der Waals surface area contributed by atoms with E-state index in [-0.39, 0.29) is 25.2 Å². The van der Waals surface area contributed by atoms with Crippen molar-refractivity contribution in [1.29, 1.82) is 0 Å². The van der Waals surface area contributed by atoms with Crippen molar-refractivity contribution in [3.05, 3.63) is 12.2 Å². The van der Waals surface area contributed by atoms with Gasteiger partial charge in [0.2, 0.25) is 11.8 Å². The number of rotatable bonds is 3. The van der Waals surface area contributed by atoms with Crippen LogP contribution in [0.5, 0.6) is 0 Å². The summed E-state index contributed by atoms with van der Waals surface area (Å²) in [6, 6.07) is 0. The summed E-state index contributed by atoms with van der Waals surface area (Å²) in [5.41, 5.74) is 0.822. The molecule has 0 spiro atoms.